The maximum atomic E-state index is 14.0. The van der Waals surface area contributed by atoms with Crippen LogP contribution in [0.15, 0.2) is 36.4 Å². The molecule has 0 aliphatic carbocycles. The number of nitrogens with one attached hydrogen (secondary N) is 1. The number of hydrogen-bond acceptors (Lipinski definition) is 11. The predicted octanol–water partition coefficient (Wildman–Crippen LogP) is 4.20. The van der Waals surface area contributed by atoms with Crippen LogP contribution in [0.1, 0.15) is 56.9 Å². The van der Waals surface area contributed by atoms with Gasteiger partial charge in [-0.2, -0.15) is 0 Å². The maximum Gasteiger partial charge on any atom is 0.409 e. The first-order valence-electron chi connectivity index (χ1n) is 16.8. The molecule has 0 unspecified atom stereocenters. The lowest BCUT2D eigenvalue weighted by atomic mass is 10.1. The highest BCUT2D eigenvalue weighted by Gasteiger charge is 2.34. The highest BCUT2D eigenvalue weighted by molar-refractivity contribution is 7.53. The zero-order valence-electron chi connectivity index (χ0n) is 28.5. The molecule has 1 aromatic heterocycles. The molecule has 48 heavy (non-hydrogen) atoms. The van der Waals surface area contributed by atoms with Crippen molar-refractivity contribution < 1.29 is 37.5 Å². The molecule has 264 valence electrons. The summed E-state index contributed by atoms with van der Waals surface area (Å²) in [6.07, 6.45) is 2.09. The summed E-state index contributed by atoms with van der Waals surface area (Å²) < 4.78 is 35.2. The van der Waals surface area contributed by atoms with Gasteiger partial charge in [-0.15, -0.1) is 0 Å². The number of aromatic nitrogens is 2. The van der Waals surface area contributed by atoms with Crippen LogP contribution in [-0.4, -0.2) is 122 Å². The summed E-state index contributed by atoms with van der Waals surface area (Å²) in [6.45, 7) is 8.57. The summed E-state index contributed by atoms with van der Waals surface area (Å²) in [5.74, 6) is 0.0242. The van der Waals surface area contributed by atoms with Gasteiger partial charge in [0.05, 0.1) is 32.1 Å². The molecule has 3 heterocycles. The number of anilines is 1. The molecule has 2 saturated heterocycles. The van der Waals surface area contributed by atoms with E-state index in [2.05, 4.69) is 15.2 Å². The molecule has 1 N–H and O–H groups in total. The predicted molar refractivity (Wildman–Crippen MR) is 181 cm³/mol. The van der Waals surface area contributed by atoms with Gasteiger partial charge in [0.1, 0.15) is 17.6 Å². The summed E-state index contributed by atoms with van der Waals surface area (Å²) in [5, 5.41) is 2.87. The van der Waals surface area contributed by atoms with E-state index in [9.17, 15) is 18.9 Å². The summed E-state index contributed by atoms with van der Waals surface area (Å²) in [5.41, 5.74) is 0.832. The van der Waals surface area contributed by atoms with Crippen LogP contribution in [0.2, 0.25) is 0 Å². The second-order valence-electron chi connectivity index (χ2n) is 11.7. The molecule has 15 heteroatoms. The van der Waals surface area contributed by atoms with E-state index in [-0.39, 0.29) is 56.6 Å². The first-order valence-corrected chi connectivity index (χ1v) is 18.5. The SMILES string of the molecule is CCCCOC(=O)N1CCN(C(=O)[C@@H](CCP(=O)(OCC)OCC)NC(=O)c2cc(N3CC[C@H](OC)C3)nc(-c3ccccc3)n2)CC1. The highest BCUT2D eigenvalue weighted by Crippen LogP contribution is 2.48. The van der Waals surface area contributed by atoms with E-state index in [1.165, 1.54) is 0 Å². The molecule has 2 aromatic rings. The van der Waals surface area contributed by atoms with E-state index in [4.69, 9.17) is 23.5 Å². The zero-order valence-corrected chi connectivity index (χ0v) is 29.4. The van der Waals surface area contributed by atoms with Crippen LogP contribution in [0.5, 0.6) is 0 Å². The van der Waals surface area contributed by atoms with Gasteiger partial charge in [0.2, 0.25) is 5.91 Å². The number of nitrogens with zero attached hydrogens (tertiary/aromatic N) is 5. The van der Waals surface area contributed by atoms with Crippen molar-refractivity contribution in [1.29, 1.82) is 0 Å². The topological polar surface area (TPSA) is 153 Å². The quantitative estimate of drug-likeness (QED) is 0.200. The van der Waals surface area contributed by atoms with Crippen LogP contribution in [0, 0.1) is 0 Å². The summed E-state index contributed by atoms with van der Waals surface area (Å²) in [6, 6.07) is 9.93. The zero-order chi connectivity index (χ0) is 34.5. The minimum atomic E-state index is -3.52. The Kier molecular flexibility index (Phi) is 14.2. The second kappa shape index (κ2) is 18.3. The minimum absolute atomic E-state index is 0.00620. The third kappa shape index (κ3) is 10.2. The van der Waals surface area contributed by atoms with Crippen molar-refractivity contribution in [3.05, 3.63) is 42.1 Å². The third-order valence-electron chi connectivity index (χ3n) is 8.30. The molecule has 2 fully saturated rings. The largest absolute Gasteiger partial charge is 0.449 e. The maximum absolute atomic E-state index is 14.0. The van der Waals surface area contributed by atoms with Crippen molar-refractivity contribution in [3.8, 4) is 11.4 Å². The number of ether oxygens (including phenoxy) is 2. The molecule has 0 saturated carbocycles. The Morgan fingerprint density at radius 3 is 2.29 bits per heavy atom. The average Bonchev–Trinajstić information content (AvgIpc) is 3.60. The van der Waals surface area contributed by atoms with Crippen molar-refractivity contribution >= 4 is 31.3 Å². The molecule has 3 amide bonds. The molecular formula is C33H49N6O8P. The van der Waals surface area contributed by atoms with Crippen LogP contribution in [0.3, 0.4) is 0 Å². The van der Waals surface area contributed by atoms with E-state index < -0.39 is 25.6 Å². The van der Waals surface area contributed by atoms with Gasteiger partial charge in [-0.25, -0.2) is 14.8 Å². The van der Waals surface area contributed by atoms with Gasteiger partial charge >= 0.3 is 13.7 Å². The minimum Gasteiger partial charge on any atom is -0.449 e. The Morgan fingerprint density at radius 2 is 1.67 bits per heavy atom. The molecule has 2 aliphatic heterocycles. The third-order valence-corrected chi connectivity index (χ3v) is 10.4. The van der Waals surface area contributed by atoms with Gasteiger partial charge in [-0.1, -0.05) is 43.7 Å². The first-order chi connectivity index (χ1) is 23.2. The molecule has 1 aromatic carbocycles. The molecular weight excluding hydrogens is 639 g/mol. The normalized spacial score (nSPS) is 17.3. The van der Waals surface area contributed by atoms with Crippen molar-refractivity contribution in [3.63, 3.8) is 0 Å². The van der Waals surface area contributed by atoms with Crippen molar-refractivity contribution in [2.45, 2.75) is 58.6 Å². The molecule has 0 spiro atoms. The van der Waals surface area contributed by atoms with Crippen LogP contribution in [-0.2, 0) is 27.9 Å². The van der Waals surface area contributed by atoms with Gasteiger partial charge in [0.25, 0.3) is 5.91 Å². The number of piperazine rings is 1. The van der Waals surface area contributed by atoms with E-state index in [1.807, 2.05) is 37.3 Å². The number of carbonyl (C=O) groups excluding carboxylic acids is 3. The Labute approximate surface area is 283 Å². The van der Waals surface area contributed by atoms with E-state index in [0.717, 1.165) is 24.8 Å². The van der Waals surface area contributed by atoms with Gasteiger partial charge in [-0.05, 0) is 33.1 Å². The number of unbranched alkanes of at least 4 members (excludes halogenated alkanes) is 1. The van der Waals surface area contributed by atoms with Crippen molar-refractivity contribution in [1.82, 2.24) is 25.1 Å². The van der Waals surface area contributed by atoms with Crippen LogP contribution in [0.4, 0.5) is 10.6 Å². The van der Waals surface area contributed by atoms with Crippen LogP contribution in [0.25, 0.3) is 11.4 Å². The monoisotopic (exact) mass is 688 g/mol. The second-order valence-corrected chi connectivity index (χ2v) is 13.8. The molecule has 2 atom stereocenters. The lowest BCUT2D eigenvalue weighted by Gasteiger charge is -2.36. The Morgan fingerprint density at radius 1 is 0.979 bits per heavy atom. The number of methoxy groups -OCH3 is 1. The highest BCUT2D eigenvalue weighted by atomic mass is 31.2. The fourth-order valence-electron chi connectivity index (χ4n) is 5.62. The lowest BCUT2D eigenvalue weighted by molar-refractivity contribution is -0.134. The van der Waals surface area contributed by atoms with E-state index >= 15 is 0 Å². The fourth-order valence-corrected chi connectivity index (χ4v) is 7.31. The number of rotatable bonds is 16. The lowest BCUT2D eigenvalue weighted by Crippen LogP contribution is -2.56. The number of benzene rings is 1. The smallest absolute Gasteiger partial charge is 0.409 e. The molecule has 0 bridgehead atoms. The van der Waals surface area contributed by atoms with Crippen molar-refractivity contribution in [2.75, 3.05) is 77.3 Å². The standard InChI is InChI=1S/C33H49N6O8P/c1-5-8-21-45-33(42)38-19-17-37(18-20-38)32(41)27(15-22-48(43,46-6-2)47-7-3)35-31(40)28-23-29(39-16-14-26(24-39)44-4)36-30(34-28)25-12-10-9-11-13-25/h9-13,23,26-27H,5-8,14-22,24H2,1-4H3,(H,35,40)/t26-,27+/m0/s1. The Hall–Kier alpha value is -3.58. The average molecular weight is 689 g/mol. The van der Waals surface area contributed by atoms with E-state index in [0.29, 0.717) is 44.4 Å². The van der Waals surface area contributed by atoms with Gasteiger partial charge in [0, 0.05) is 58.0 Å². The first kappa shape index (κ1) is 37.2. The Bertz CT molecular complexity index is 1400. The van der Waals surface area contributed by atoms with Gasteiger partial charge in [0.15, 0.2) is 5.82 Å². The summed E-state index contributed by atoms with van der Waals surface area (Å²) in [7, 11) is -1.84. The van der Waals surface area contributed by atoms with Crippen LogP contribution >= 0.6 is 7.60 Å². The number of hydrogen-bond donors (Lipinski definition) is 1. The Balaban J connectivity index is 1.56. The van der Waals surface area contributed by atoms with Crippen molar-refractivity contribution in [2.24, 2.45) is 0 Å². The summed E-state index contributed by atoms with van der Waals surface area (Å²) in [4.78, 5) is 55.0. The van der Waals surface area contributed by atoms with Crippen LogP contribution < -0.4 is 10.2 Å². The van der Waals surface area contributed by atoms with E-state index in [1.54, 1.807) is 36.8 Å². The molecule has 0 radical (unpaired) electrons. The molecule has 14 nitrogen and oxygen atoms in total. The molecule has 2 aliphatic rings. The summed E-state index contributed by atoms with van der Waals surface area (Å²) >= 11 is 0. The number of carbonyl (C=O) groups is 3. The van der Waals surface area contributed by atoms with Gasteiger partial charge in [-0.3, -0.25) is 14.2 Å². The number of amides is 3. The van der Waals surface area contributed by atoms with Gasteiger partial charge < -0.3 is 38.5 Å². The molecule has 4 rings (SSSR count). The fraction of sp³-hybridized carbons (Fsp3) is 0.606.